The molecule has 0 unspecified atom stereocenters. The van der Waals surface area contributed by atoms with E-state index in [1.165, 1.54) is 48.4 Å². The summed E-state index contributed by atoms with van der Waals surface area (Å²) in [6, 6.07) is 11.4. The molecule has 1 aromatic carbocycles. The van der Waals surface area contributed by atoms with Crippen molar-refractivity contribution in [2.45, 2.75) is 58.4 Å². The number of hydrogen-bond acceptors (Lipinski definition) is 4. The molecule has 0 radical (unpaired) electrons. The Bertz CT molecular complexity index is 1300. The summed E-state index contributed by atoms with van der Waals surface area (Å²) >= 11 is 0. The Morgan fingerprint density at radius 3 is 2.85 bits per heavy atom. The molecule has 170 valence electrons. The third kappa shape index (κ3) is 3.58. The first-order valence-corrected chi connectivity index (χ1v) is 12.4. The summed E-state index contributed by atoms with van der Waals surface area (Å²) in [4.78, 5) is 13.2. The Morgan fingerprint density at radius 1 is 1.06 bits per heavy atom. The fourth-order valence-electron chi connectivity index (χ4n) is 7.12. The number of pyridine rings is 1. The second-order valence-electron chi connectivity index (χ2n) is 11.1. The van der Waals surface area contributed by atoms with Crippen LogP contribution in [0.2, 0.25) is 0 Å². The number of nitrogens with two attached hydrogens (primary N) is 1. The van der Waals surface area contributed by atoms with Crippen molar-refractivity contribution in [2.75, 3.05) is 5.73 Å². The van der Waals surface area contributed by atoms with E-state index in [1.54, 1.807) is 6.33 Å². The summed E-state index contributed by atoms with van der Waals surface area (Å²) in [6.45, 7) is 4.91. The number of nitrogens with zero attached hydrogens (tertiary/aromatic N) is 4. The Labute approximate surface area is 195 Å². The van der Waals surface area contributed by atoms with E-state index in [2.05, 4.69) is 69.9 Å². The van der Waals surface area contributed by atoms with Crippen LogP contribution in [0.25, 0.3) is 21.8 Å². The molecule has 3 aromatic heterocycles. The van der Waals surface area contributed by atoms with Gasteiger partial charge in [0, 0.05) is 30.0 Å². The molecule has 2 aliphatic rings. The standard InChI is InChI=1S/C28H33N5/c1-28(2)14-22-20(8-4-6-18-5-3-7-19-9-11-30-16-24(18)19)13-25(23(22)15-28)33-12-10-21-26(29)31-17-32-27(21)33/h3,5,7,9-12,16-17,20,22-23,25H,4,6,8,13-15H2,1-2H3,(H2,29,31,32)/t20-,22+,23+,25+/m0/s1. The van der Waals surface area contributed by atoms with Gasteiger partial charge in [-0.3, -0.25) is 4.98 Å². The van der Waals surface area contributed by atoms with Crippen molar-refractivity contribution >= 4 is 27.6 Å². The molecule has 6 rings (SSSR count). The van der Waals surface area contributed by atoms with Crippen LogP contribution in [0.5, 0.6) is 0 Å². The van der Waals surface area contributed by atoms with E-state index in [-0.39, 0.29) is 0 Å². The summed E-state index contributed by atoms with van der Waals surface area (Å²) in [5, 5.41) is 3.58. The van der Waals surface area contributed by atoms with Crippen LogP contribution in [0.4, 0.5) is 5.82 Å². The number of benzene rings is 1. The fourth-order valence-corrected chi connectivity index (χ4v) is 7.12. The van der Waals surface area contributed by atoms with Crippen molar-refractivity contribution < 1.29 is 0 Å². The maximum absolute atomic E-state index is 6.14. The van der Waals surface area contributed by atoms with Crippen LogP contribution in [-0.4, -0.2) is 19.5 Å². The largest absolute Gasteiger partial charge is 0.383 e. The van der Waals surface area contributed by atoms with E-state index < -0.39 is 0 Å². The number of nitrogen functional groups attached to an aromatic ring is 1. The van der Waals surface area contributed by atoms with Crippen LogP contribution in [0.15, 0.2) is 55.2 Å². The van der Waals surface area contributed by atoms with Gasteiger partial charge in [-0.2, -0.15) is 0 Å². The maximum atomic E-state index is 6.14. The summed E-state index contributed by atoms with van der Waals surface area (Å²) in [5.74, 6) is 2.88. The highest BCUT2D eigenvalue weighted by molar-refractivity contribution is 5.86. The summed E-state index contributed by atoms with van der Waals surface area (Å²) in [6.07, 6.45) is 15.3. The number of fused-ring (bicyclic) bond motifs is 3. The average Bonchev–Trinajstić information content (AvgIpc) is 3.46. The first-order chi connectivity index (χ1) is 16.0. The highest BCUT2D eigenvalue weighted by atomic mass is 15.1. The highest BCUT2D eigenvalue weighted by Gasteiger charge is 2.51. The molecule has 4 atom stereocenters. The van der Waals surface area contributed by atoms with Gasteiger partial charge >= 0.3 is 0 Å². The summed E-state index contributed by atoms with van der Waals surface area (Å²) < 4.78 is 2.42. The van der Waals surface area contributed by atoms with Gasteiger partial charge in [0.25, 0.3) is 0 Å². The zero-order chi connectivity index (χ0) is 22.6. The van der Waals surface area contributed by atoms with Crippen molar-refractivity contribution in [3.05, 3.63) is 60.8 Å². The molecule has 2 aliphatic carbocycles. The van der Waals surface area contributed by atoms with Gasteiger partial charge < -0.3 is 10.3 Å². The third-order valence-electron chi connectivity index (χ3n) is 8.46. The molecule has 5 heteroatoms. The van der Waals surface area contributed by atoms with Gasteiger partial charge in [-0.1, -0.05) is 32.0 Å². The van der Waals surface area contributed by atoms with Crippen molar-refractivity contribution in [3.8, 4) is 0 Å². The summed E-state index contributed by atoms with van der Waals surface area (Å²) in [5.41, 5.74) is 8.99. The minimum Gasteiger partial charge on any atom is -0.383 e. The van der Waals surface area contributed by atoms with Crippen molar-refractivity contribution in [2.24, 2.45) is 23.2 Å². The monoisotopic (exact) mass is 439 g/mol. The molecule has 3 heterocycles. The molecule has 2 saturated carbocycles. The molecule has 4 aromatic rings. The molecule has 5 nitrogen and oxygen atoms in total. The molecule has 0 saturated heterocycles. The lowest BCUT2D eigenvalue weighted by molar-refractivity contribution is 0.287. The van der Waals surface area contributed by atoms with E-state index in [0.717, 1.165) is 35.2 Å². The van der Waals surface area contributed by atoms with Gasteiger partial charge in [-0.15, -0.1) is 0 Å². The number of anilines is 1. The maximum Gasteiger partial charge on any atom is 0.145 e. The van der Waals surface area contributed by atoms with Gasteiger partial charge in [-0.25, -0.2) is 9.97 Å². The molecule has 0 amide bonds. The number of aromatic nitrogens is 4. The Balaban J connectivity index is 1.23. The Hall–Kier alpha value is -2.95. The predicted molar refractivity (Wildman–Crippen MR) is 134 cm³/mol. The molecule has 0 spiro atoms. The van der Waals surface area contributed by atoms with Crippen LogP contribution in [0, 0.1) is 23.2 Å². The normalized spacial score (nSPS) is 26.2. The van der Waals surface area contributed by atoms with Crippen LogP contribution < -0.4 is 5.73 Å². The minimum atomic E-state index is 0.421. The van der Waals surface area contributed by atoms with E-state index in [0.29, 0.717) is 17.3 Å². The topological polar surface area (TPSA) is 69.6 Å². The average molecular weight is 440 g/mol. The second kappa shape index (κ2) is 7.82. The van der Waals surface area contributed by atoms with Crippen LogP contribution >= 0.6 is 0 Å². The first-order valence-electron chi connectivity index (χ1n) is 12.4. The predicted octanol–water partition coefficient (Wildman–Crippen LogP) is 6.20. The molecule has 33 heavy (non-hydrogen) atoms. The Kier molecular flexibility index (Phi) is 4.89. The van der Waals surface area contributed by atoms with Crippen LogP contribution in [0.3, 0.4) is 0 Å². The lowest BCUT2D eigenvalue weighted by Gasteiger charge is -2.24. The zero-order valence-corrected chi connectivity index (χ0v) is 19.6. The number of rotatable bonds is 5. The van der Waals surface area contributed by atoms with Crippen LogP contribution in [0.1, 0.15) is 57.6 Å². The molecule has 0 bridgehead atoms. The van der Waals surface area contributed by atoms with E-state index >= 15 is 0 Å². The van der Waals surface area contributed by atoms with Crippen molar-refractivity contribution in [1.82, 2.24) is 19.5 Å². The second-order valence-corrected chi connectivity index (χ2v) is 11.1. The number of hydrogen-bond donors (Lipinski definition) is 1. The van der Waals surface area contributed by atoms with Crippen molar-refractivity contribution in [1.29, 1.82) is 0 Å². The van der Waals surface area contributed by atoms with E-state index in [9.17, 15) is 0 Å². The molecular formula is C28H33N5. The highest BCUT2D eigenvalue weighted by Crippen LogP contribution is 2.60. The SMILES string of the molecule is CC1(C)C[C@@H]2[C@@H](CCCc3cccc4ccncc34)C[C@@H](n3ccc4c(N)ncnc43)[C@@H]2C1. The smallest absolute Gasteiger partial charge is 0.145 e. The van der Waals surface area contributed by atoms with E-state index in [4.69, 9.17) is 5.73 Å². The fraction of sp³-hybridized carbons (Fsp3) is 0.464. The minimum absolute atomic E-state index is 0.421. The molecular weight excluding hydrogens is 406 g/mol. The molecule has 2 fully saturated rings. The quantitative estimate of drug-likeness (QED) is 0.402. The third-order valence-corrected chi connectivity index (χ3v) is 8.46. The van der Waals surface area contributed by atoms with Gasteiger partial charge in [0.15, 0.2) is 0 Å². The molecule has 0 aliphatic heterocycles. The van der Waals surface area contributed by atoms with Gasteiger partial charge in [0.1, 0.15) is 17.8 Å². The van der Waals surface area contributed by atoms with E-state index in [1.807, 2.05) is 12.4 Å². The zero-order valence-electron chi connectivity index (χ0n) is 19.6. The van der Waals surface area contributed by atoms with Gasteiger partial charge in [-0.05, 0) is 84.8 Å². The lowest BCUT2D eigenvalue weighted by Crippen LogP contribution is -2.16. The van der Waals surface area contributed by atoms with Gasteiger partial charge in [0.05, 0.1) is 5.39 Å². The summed E-state index contributed by atoms with van der Waals surface area (Å²) in [7, 11) is 0. The number of aryl methyl sites for hydroxylation is 1. The van der Waals surface area contributed by atoms with Crippen LogP contribution in [-0.2, 0) is 6.42 Å². The first kappa shape index (κ1) is 20.6. The Morgan fingerprint density at radius 2 is 1.94 bits per heavy atom. The van der Waals surface area contributed by atoms with Crippen molar-refractivity contribution in [3.63, 3.8) is 0 Å². The van der Waals surface area contributed by atoms with Gasteiger partial charge in [0.2, 0.25) is 0 Å². The molecule has 2 N–H and O–H groups in total. The lowest BCUT2D eigenvalue weighted by atomic mass is 9.83.